The number of sulfonamides is 1. The molecule has 138 valence electrons. The van der Waals surface area contributed by atoms with Crippen molar-refractivity contribution in [2.45, 2.75) is 11.3 Å². The lowest BCUT2D eigenvalue weighted by Crippen LogP contribution is -2.37. The molecule has 0 aliphatic heterocycles. The third-order valence-electron chi connectivity index (χ3n) is 3.06. The molecular formula is C15H11F3N2O5S. The van der Waals surface area contributed by atoms with Crippen molar-refractivity contribution >= 4 is 15.7 Å². The summed E-state index contributed by atoms with van der Waals surface area (Å²) < 4.78 is 68.1. The predicted molar refractivity (Wildman–Crippen MR) is 82.6 cm³/mol. The van der Waals surface area contributed by atoms with E-state index < -0.39 is 37.2 Å². The van der Waals surface area contributed by atoms with Crippen LogP contribution in [0.25, 0.3) is 0 Å². The van der Waals surface area contributed by atoms with Gasteiger partial charge in [0.05, 0.1) is 18.4 Å². The first-order chi connectivity index (χ1) is 12.1. The molecule has 0 aliphatic carbocycles. The molecular weight excluding hydrogens is 377 g/mol. The average Bonchev–Trinajstić information content (AvgIpc) is 2.58. The van der Waals surface area contributed by atoms with Crippen molar-refractivity contribution in [2.75, 3.05) is 11.6 Å². The highest BCUT2D eigenvalue weighted by Crippen LogP contribution is 2.35. The van der Waals surface area contributed by atoms with Gasteiger partial charge in [-0.15, -0.1) is 17.6 Å². The van der Waals surface area contributed by atoms with Crippen LogP contribution >= 0.6 is 0 Å². The molecule has 1 N–H and O–H groups in total. The molecule has 0 amide bonds. The van der Waals surface area contributed by atoms with Crippen LogP contribution in [0.15, 0.2) is 47.4 Å². The molecule has 26 heavy (non-hydrogen) atoms. The van der Waals surface area contributed by atoms with Gasteiger partial charge in [0.2, 0.25) is 0 Å². The first kappa shape index (κ1) is 19.4. The summed E-state index contributed by atoms with van der Waals surface area (Å²) in [6.45, 7) is 0. The third-order valence-corrected chi connectivity index (χ3v) is 4.70. The first-order valence-corrected chi connectivity index (χ1v) is 8.21. The van der Waals surface area contributed by atoms with Crippen molar-refractivity contribution in [1.29, 1.82) is 5.26 Å². The van der Waals surface area contributed by atoms with Crippen molar-refractivity contribution in [1.82, 2.24) is 0 Å². The van der Waals surface area contributed by atoms with Crippen LogP contribution in [0.1, 0.15) is 5.56 Å². The van der Waals surface area contributed by atoms with E-state index >= 15 is 0 Å². The van der Waals surface area contributed by atoms with Gasteiger partial charge < -0.3 is 9.84 Å². The Labute approximate surface area is 146 Å². The molecule has 0 unspecified atom stereocenters. The maximum atomic E-state index is 12.8. The highest BCUT2D eigenvalue weighted by atomic mass is 32.2. The number of phenols is 1. The first-order valence-electron chi connectivity index (χ1n) is 6.77. The Morgan fingerprint density at radius 1 is 1.19 bits per heavy atom. The maximum absolute atomic E-state index is 12.8. The minimum atomic E-state index is -5.36. The number of hydrogen-bond donors (Lipinski definition) is 1. The average molecular weight is 388 g/mol. The van der Waals surface area contributed by atoms with E-state index in [2.05, 4.69) is 4.84 Å². The number of hydrogen-bond acceptors (Lipinski definition) is 6. The Hall–Kier alpha value is -2.97. The Balaban J connectivity index is 2.65. The maximum Gasteiger partial charge on any atom is 0.544 e. The SMILES string of the molecule is COc1ccc(N(OC(F)(F)F)S(=O)(=O)c2ccccc2C#N)cc1O. The standard InChI is InChI=1S/C15H11F3N2O5S/c1-24-13-7-6-11(8-12(13)21)20(25-15(16,17)18)26(22,23)14-5-3-2-4-10(14)9-19/h2-8,21H,1H3. The van der Waals surface area contributed by atoms with Gasteiger partial charge in [0, 0.05) is 6.07 Å². The lowest BCUT2D eigenvalue weighted by Gasteiger charge is -2.24. The van der Waals surface area contributed by atoms with Crippen LogP contribution in [0.2, 0.25) is 0 Å². The third kappa shape index (κ3) is 3.98. The lowest BCUT2D eigenvalue weighted by atomic mass is 10.2. The molecule has 11 heteroatoms. The summed E-state index contributed by atoms with van der Waals surface area (Å²) in [5, 5.41) is 18.8. The number of rotatable bonds is 5. The second-order valence-corrected chi connectivity index (χ2v) is 6.45. The fourth-order valence-corrected chi connectivity index (χ4v) is 3.39. The quantitative estimate of drug-likeness (QED) is 0.791. The molecule has 0 aliphatic rings. The number of aromatic hydroxyl groups is 1. The predicted octanol–water partition coefficient (Wildman–Crippen LogP) is 2.92. The van der Waals surface area contributed by atoms with E-state index in [-0.39, 0.29) is 11.3 Å². The van der Waals surface area contributed by atoms with Crippen LogP contribution in [-0.2, 0) is 14.9 Å². The Kier molecular flexibility index (Phi) is 5.29. The minimum absolute atomic E-state index is 0.0875. The van der Waals surface area contributed by atoms with E-state index in [0.717, 1.165) is 30.3 Å². The fourth-order valence-electron chi connectivity index (χ4n) is 2.00. The molecule has 0 radical (unpaired) electrons. The molecule has 2 aromatic carbocycles. The number of benzene rings is 2. The zero-order valence-electron chi connectivity index (χ0n) is 13.1. The van der Waals surface area contributed by atoms with Crippen LogP contribution in [0, 0.1) is 11.3 Å². The molecule has 2 rings (SSSR count). The zero-order valence-corrected chi connectivity index (χ0v) is 13.9. The zero-order chi connectivity index (χ0) is 19.5. The highest BCUT2D eigenvalue weighted by molar-refractivity contribution is 7.92. The monoisotopic (exact) mass is 388 g/mol. The fraction of sp³-hybridized carbons (Fsp3) is 0.133. The number of phenolic OH excluding ortho intramolecular Hbond substituents is 1. The van der Waals surface area contributed by atoms with E-state index in [1.807, 2.05) is 0 Å². The number of anilines is 1. The summed E-state index contributed by atoms with van der Waals surface area (Å²) in [6, 6.07) is 8.99. The molecule has 0 saturated heterocycles. The Bertz CT molecular complexity index is 954. The van der Waals surface area contributed by atoms with Gasteiger partial charge in [-0.05, 0) is 24.3 Å². The van der Waals surface area contributed by atoms with Gasteiger partial charge >= 0.3 is 6.36 Å². The van der Waals surface area contributed by atoms with Gasteiger partial charge in [-0.3, -0.25) is 0 Å². The number of alkyl halides is 3. The molecule has 0 spiro atoms. The topological polar surface area (TPSA) is 99.9 Å². The van der Waals surface area contributed by atoms with Crippen molar-refractivity contribution in [3.8, 4) is 17.6 Å². The van der Waals surface area contributed by atoms with Crippen LogP contribution in [0.4, 0.5) is 18.9 Å². The second kappa shape index (κ2) is 7.11. The second-order valence-electron chi connectivity index (χ2n) is 4.73. The van der Waals surface area contributed by atoms with Crippen LogP contribution in [0.3, 0.4) is 0 Å². The number of ether oxygens (including phenoxy) is 1. The van der Waals surface area contributed by atoms with Crippen molar-refractivity contribution in [3.63, 3.8) is 0 Å². The van der Waals surface area contributed by atoms with Crippen molar-refractivity contribution in [2.24, 2.45) is 0 Å². The molecule has 0 fully saturated rings. The van der Waals surface area contributed by atoms with Crippen LogP contribution < -0.4 is 9.21 Å². The molecule has 0 saturated carbocycles. The smallest absolute Gasteiger partial charge is 0.504 e. The number of nitriles is 1. The summed E-state index contributed by atoms with van der Waals surface area (Å²) in [5.41, 5.74) is -1.02. The van der Waals surface area contributed by atoms with Gasteiger partial charge in [-0.2, -0.15) is 18.5 Å². The van der Waals surface area contributed by atoms with Gasteiger partial charge in [0.1, 0.15) is 11.0 Å². The highest BCUT2D eigenvalue weighted by Gasteiger charge is 2.40. The van der Waals surface area contributed by atoms with Gasteiger partial charge in [-0.1, -0.05) is 12.1 Å². The van der Waals surface area contributed by atoms with E-state index in [0.29, 0.717) is 0 Å². The summed E-state index contributed by atoms with van der Waals surface area (Å²) in [6.07, 6.45) is -5.36. The van der Waals surface area contributed by atoms with Gasteiger partial charge in [-0.25, -0.2) is 0 Å². The lowest BCUT2D eigenvalue weighted by molar-refractivity contribution is -0.322. The number of halogens is 3. The number of nitrogens with zero attached hydrogens (tertiary/aromatic N) is 2. The normalized spacial score (nSPS) is 11.7. The van der Waals surface area contributed by atoms with Crippen molar-refractivity contribution in [3.05, 3.63) is 48.0 Å². The molecule has 0 atom stereocenters. The largest absolute Gasteiger partial charge is 0.544 e. The van der Waals surface area contributed by atoms with Gasteiger partial charge in [0.25, 0.3) is 10.0 Å². The van der Waals surface area contributed by atoms with Crippen LogP contribution in [-0.4, -0.2) is 27.0 Å². The molecule has 7 nitrogen and oxygen atoms in total. The van der Waals surface area contributed by atoms with E-state index in [9.17, 15) is 26.7 Å². The van der Waals surface area contributed by atoms with E-state index in [1.165, 1.54) is 19.2 Å². The molecule has 0 aromatic heterocycles. The van der Waals surface area contributed by atoms with Crippen LogP contribution in [0.5, 0.6) is 11.5 Å². The van der Waals surface area contributed by atoms with E-state index in [1.54, 1.807) is 6.07 Å². The van der Waals surface area contributed by atoms with Crippen molar-refractivity contribution < 1.29 is 36.3 Å². The van der Waals surface area contributed by atoms with Gasteiger partial charge in [0.15, 0.2) is 11.5 Å². The molecule has 0 heterocycles. The number of methoxy groups -OCH3 is 1. The van der Waals surface area contributed by atoms with E-state index in [4.69, 9.17) is 10.00 Å². The summed E-state index contributed by atoms with van der Waals surface area (Å²) in [7, 11) is -3.74. The summed E-state index contributed by atoms with van der Waals surface area (Å²) >= 11 is 0. The molecule has 2 aromatic rings. The Morgan fingerprint density at radius 3 is 2.38 bits per heavy atom. The Morgan fingerprint density at radius 2 is 1.85 bits per heavy atom. The summed E-state index contributed by atoms with van der Waals surface area (Å²) in [5.74, 6) is -0.694. The molecule has 0 bridgehead atoms. The summed E-state index contributed by atoms with van der Waals surface area (Å²) in [4.78, 5) is 2.96. The minimum Gasteiger partial charge on any atom is -0.504 e.